The Bertz CT molecular complexity index is 529. The lowest BCUT2D eigenvalue weighted by Gasteiger charge is -2.13. The highest BCUT2D eigenvalue weighted by molar-refractivity contribution is 5.38. The van der Waals surface area contributed by atoms with E-state index in [1.54, 1.807) is 23.1 Å². The molecular formula is C12H19N7O. The Hall–Kier alpha value is -2.22. The molecule has 0 aromatic carbocycles. The van der Waals surface area contributed by atoms with Crippen LogP contribution in [0.15, 0.2) is 18.5 Å². The number of nitrogens with zero attached hydrogens (tertiary/aromatic N) is 5. The van der Waals surface area contributed by atoms with Crippen molar-refractivity contribution >= 4 is 11.9 Å². The highest BCUT2D eigenvalue weighted by Crippen LogP contribution is 2.10. The van der Waals surface area contributed by atoms with Crippen molar-refractivity contribution in [1.29, 1.82) is 0 Å². The molecule has 0 spiro atoms. The number of rotatable bonds is 7. The van der Waals surface area contributed by atoms with E-state index in [-0.39, 0.29) is 12.6 Å². The minimum atomic E-state index is 0.0716. The molecule has 0 radical (unpaired) electrons. The summed E-state index contributed by atoms with van der Waals surface area (Å²) in [6, 6.07) is 1.88. The van der Waals surface area contributed by atoms with Crippen molar-refractivity contribution in [2.24, 2.45) is 0 Å². The van der Waals surface area contributed by atoms with Gasteiger partial charge in [-0.25, -0.2) is 4.68 Å². The van der Waals surface area contributed by atoms with Gasteiger partial charge in [0.1, 0.15) is 0 Å². The molecular weight excluding hydrogens is 258 g/mol. The van der Waals surface area contributed by atoms with Gasteiger partial charge < -0.3 is 15.7 Å². The minimum Gasteiger partial charge on any atom is -0.396 e. The second kappa shape index (κ2) is 6.80. The van der Waals surface area contributed by atoms with E-state index >= 15 is 0 Å². The van der Waals surface area contributed by atoms with Crippen LogP contribution in [0.4, 0.5) is 11.9 Å². The summed E-state index contributed by atoms with van der Waals surface area (Å²) in [6.45, 7) is 4.76. The Balaban J connectivity index is 2.26. The summed E-state index contributed by atoms with van der Waals surface area (Å²) in [4.78, 5) is 12.9. The number of aliphatic hydroxyl groups excluding tert-OH is 1. The Labute approximate surface area is 117 Å². The zero-order valence-electron chi connectivity index (χ0n) is 11.6. The average Bonchev–Trinajstić information content (AvgIpc) is 2.93. The van der Waals surface area contributed by atoms with Gasteiger partial charge in [0.25, 0.3) is 5.95 Å². The van der Waals surface area contributed by atoms with Crippen molar-refractivity contribution in [2.75, 3.05) is 23.8 Å². The molecule has 20 heavy (non-hydrogen) atoms. The molecule has 0 saturated carbocycles. The standard InChI is InChI=1S/C12H19N7O/c1-3-13-10-16-11(15-9(2)5-8-20)18-12(17-10)19-7-4-6-14-19/h4,6-7,9,20H,3,5,8H2,1-2H3,(H2,13,15,16,17,18). The number of nitrogens with one attached hydrogen (secondary N) is 2. The van der Waals surface area contributed by atoms with Gasteiger partial charge in [-0.2, -0.15) is 20.1 Å². The van der Waals surface area contributed by atoms with Crippen LogP contribution >= 0.6 is 0 Å². The number of aromatic nitrogens is 5. The molecule has 2 aromatic rings. The van der Waals surface area contributed by atoms with Gasteiger partial charge in [-0.3, -0.25) is 0 Å². The van der Waals surface area contributed by atoms with Crippen molar-refractivity contribution in [3.05, 3.63) is 18.5 Å². The van der Waals surface area contributed by atoms with Gasteiger partial charge >= 0.3 is 0 Å². The zero-order valence-corrected chi connectivity index (χ0v) is 11.6. The average molecular weight is 277 g/mol. The summed E-state index contributed by atoms with van der Waals surface area (Å²) < 4.78 is 1.57. The van der Waals surface area contributed by atoms with Crippen molar-refractivity contribution in [3.8, 4) is 5.95 Å². The molecule has 3 N–H and O–H groups in total. The van der Waals surface area contributed by atoms with Gasteiger partial charge in [0.05, 0.1) is 0 Å². The number of hydrogen-bond donors (Lipinski definition) is 3. The maximum absolute atomic E-state index is 8.94. The molecule has 0 aliphatic heterocycles. The number of anilines is 2. The van der Waals surface area contributed by atoms with Gasteiger partial charge in [0.2, 0.25) is 11.9 Å². The quantitative estimate of drug-likeness (QED) is 0.683. The van der Waals surface area contributed by atoms with Crippen LogP contribution in [-0.2, 0) is 0 Å². The van der Waals surface area contributed by atoms with E-state index in [1.807, 2.05) is 13.8 Å². The third kappa shape index (κ3) is 3.64. The van der Waals surface area contributed by atoms with Gasteiger partial charge in [-0.15, -0.1) is 0 Å². The SMILES string of the molecule is CCNc1nc(NC(C)CCO)nc(-n2cccn2)n1. The van der Waals surface area contributed by atoms with E-state index in [0.29, 0.717) is 30.8 Å². The van der Waals surface area contributed by atoms with Crippen LogP contribution in [0.2, 0.25) is 0 Å². The second-order valence-corrected chi connectivity index (χ2v) is 4.32. The third-order valence-electron chi connectivity index (χ3n) is 2.61. The molecule has 1 atom stereocenters. The summed E-state index contributed by atoms with van der Waals surface area (Å²) in [5.41, 5.74) is 0. The fourth-order valence-electron chi connectivity index (χ4n) is 1.64. The van der Waals surface area contributed by atoms with E-state index in [9.17, 15) is 0 Å². The van der Waals surface area contributed by atoms with E-state index in [0.717, 1.165) is 0 Å². The van der Waals surface area contributed by atoms with Crippen LogP contribution < -0.4 is 10.6 Å². The van der Waals surface area contributed by atoms with Gasteiger partial charge in [-0.05, 0) is 26.3 Å². The van der Waals surface area contributed by atoms with Crippen molar-refractivity contribution < 1.29 is 5.11 Å². The fraction of sp³-hybridized carbons (Fsp3) is 0.500. The van der Waals surface area contributed by atoms with Crippen LogP contribution in [0.5, 0.6) is 0 Å². The van der Waals surface area contributed by atoms with Crippen molar-refractivity contribution in [2.45, 2.75) is 26.3 Å². The summed E-state index contributed by atoms with van der Waals surface area (Å²) in [5, 5.41) is 19.3. The number of hydrogen-bond acceptors (Lipinski definition) is 7. The Morgan fingerprint density at radius 3 is 2.75 bits per heavy atom. The van der Waals surface area contributed by atoms with Crippen LogP contribution in [0, 0.1) is 0 Å². The second-order valence-electron chi connectivity index (χ2n) is 4.32. The molecule has 0 bridgehead atoms. The van der Waals surface area contributed by atoms with Gasteiger partial charge in [0.15, 0.2) is 0 Å². The molecule has 1 unspecified atom stereocenters. The predicted octanol–water partition coefficient (Wildman–Crippen LogP) is 0.672. The van der Waals surface area contributed by atoms with Crippen molar-refractivity contribution in [1.82, 2.24) is 24.7 Å². The Morgan fingerprint density at radius 2 is 2.10 bits per heavy atom. The van der Waals surface area contributed by atoms with Crippen LogP contribution in [-0.4, -0.2) is 49.0 Å². The zero-order chi connectivity index (χ0) is 14.4. The van der Waals surface area contributed by atoms with Crippen molar-refractivity contribution in [3.63, 3.8) is 0 Å². The summed E-state index contributed by atoms with van der Waals surface area (Å²) >= 11 is 0. The first-order chi connectivity index (χ1) is 9.72. The van der Waals surface area contributed by atoms with E-state index in [4.69, 9.17) is 5.11 Å². The molecule has 2 aromatic heterocycles. The van der Waals surface area contributed by atoms with Crippen LogP contribution in [0.3, 0.4) is 0 Å². The molecule has 0 fully saturated rings. The molecule has 0 aliphatic carbocycles. The monoisotopic (exact) mass is 277 g/mol. The first kappa shape index (κ1) is 14.2. The third-order valence-corrected chi connectivity index (χ3v) is 2.61. The maximum atomic E-state index is 8.94. The highest BCUT2D eigenvalue weighted by Gasteiger charge is 2.10. The normalized spacial score (nSPS) is 12.2. The molecule has 0 saturated heterocycles. The van der Waals surface area contributed by atoms with Crippen LogP contribution in [0.1, 0.15) is 20.3 Å². The summed E-state index contributed by atoms with van der Waals surface area (Å²) in [6.07, 6.45) is 4.06. The molecule has 8 nitrogen and oxygen atoms in total. The van der Waals surface area contributed by atoms with Crippen LogP contribution in [0.25, 0.3) is 5.95 Å². The first-order valence-corrected chi connectivity index (χ1v) is 6.60. The number of aliphatic hydroxyl groups is 1. The maximum Gasteiger partial charge on any atom is 0.257 e. The predicted molar refractivity (Wildman–Crippen MR) is 75.9 cm³/mol. The van der Waals surface area contributed by atoms with Gasteiger partial charge in [0, 0.05) is 31.6 Å². The smallest absolute Gasteiger partial charge is 0.257 e. The first-order valence-electron chi connectivity index (χ1n) is 6.60. The molecule has 8 heteroatoms. The Kier molecular flexibility index (Phi) is 4.83. The lowest BCUT2D eigenvalue weighted by molar-refractivity contribution is 0.282. The largest absolute Gasteiger partial charge is 0.396 e. The highest BCUT2D eigenvalue weighted by atomic mass is 16.3. The summed E-state index contributed by atoms with van der Waals surface area (Å²) in [7, 11) is 0. The molecule has 108 valence electrons. The topological polar surface area (TPSA) is 101 Å². The van der Waals surface area contributed by atoms with E-state index in [2.05, 4.69) is 30.7 Å². The van der Waals surface area contributed by atoms with E-state index in [1.165, 1.54) is 0 Å². The fourth-order valence-corrected chi connectivity index (χ4v) is 1.64. The Morgan fingerprint density at radius 1 is 1.30 bits per heavy atom. The molecule has 2 heterocycles. The minimum absolute atomic E-state index is 0.0716. The molecule has 0 aliphatic rings. The molecule has 2 rings (SSSR count). The molecule has 0 amide bonds. The van der Waals surface area contributed by atoms with E-state index < -0.39 is 0 Å². The van der Waals surface area contributed by atoms with Gasteiger partial charge in [-0.1, -0.05) is 0 Å². The summed E-state index contributed by atoms with van der Waals surface area (Å²) in [5.74, 6) is 1.40. The lowest BCUT2D eigenvalue weighted by atomic mass is 10.2. The lowest BCUT2D eigenvalue weighted by Crippen LogP contribution is -2.20.